The van der Waals surface area contributed by atoms with Crippen molar-refractivity contribution in [3.63, 3.8) is 0 Å². The highest BCUT2D eigenvalue weighted by Crippen LogP contribution is 2.20. The molecule has 0 atom stereocenters. The number of nitrogens with zero attached hydrogens (tertiary/aromatic N) is 2. The van der Waals surface area contributed by atoms with E-state index in [1.54, 1.807) is 24.3 Å². The topological polar surface area (TPSA) is 82.9 Å². The number of carbonyl (C=O) groups excluding carboxylic acids is 2. The minimum absolute atomic E-state index is 0.234. The Hall–Kier alpha value is -4.84. The lowest BCUT2D eigenvalue weighted by atomic mass is 9.97. The Morgan fingerprint density at radius 1 is 0.447 bits per heavy atom. The summed E-state index contributed by atoms with van der Waals surface area (Å²) in [5, 5.41) is 8.65. The van der Waals surface area contributed by atoms with Gasteiger partial charge >= 0.3 is 0 Å². The van der Waals surface area contributed by atoms with Gasteiger partial charge in [0.1, 0.15) is 0 Å². The van der Waals surface area contributed by atoms with Gasteiger partial charge in [0, 0.05) is 22.6 Å². The van der Waals surface area contributed by atoms with E-state index in [2.05, 4.69) is 21.1 Å². The van der Waals surface area contributed by atoms with Crippen LogP contribution in [0.15, 0.2) is 119 Å². The van der Waals surface area contributed by atoms with Gasteiger partial charge in [-0.25, -0.2) is 10.9 Å². The maximum Gasteiger partial charge on any atom is 0.271 e. The van der Waals surface area contributed by atoms with Gasteiger partial charge in [-0.15, -0.1) is 0 Å². The van der Waals surface area contributed by atoms with Crippen molar-refractivity contribution < 1.29 is 9.59 Å². The van der Waals surface area contributed by atoms with E-state index in [-0.39, 0.29) is 11.8 Å². The van der Waals surface area contributed by atoms with Crippen molar-refractivity contribution in [1.29, 1.82) is 0 Å². The number of nitrogens with one attached hydrogen (secondary N) is 2. The number of benzene rings is 4. The molecule has 0 spiro atoms. The van der Waals surface area contributed by atoms with Gasteiger partial charge < -0.3 is 0 Å². The van der Waals surface area contributed by atoms with Crippen molar-refractivity contribution >= 4 is 23.2 Å². The standard InChI is InChI=1S/C32H28N4O2/c37-31(27-15-11-25(12-16-27)23-7-3-1-4-8-23)35-33-29-19-21-30(22-20-29)34-36-32(38)28-17-13-26(14-18-28)24-9-5-2-6-10-24/h1-18H,19-22H2,(H,35,37)(H,36,38). The normalized spacial score (nSPS) is 12.9. The van der Waals surface area contributed by atoms with E-state index >= 15 is 0 Å². The van der Waals surface area contributed by atoms with Crippen molar-refractivity contribution in [2.45, 2.75) is 25.7 Å². The number of hydrogen-bond acceptors (Lipinski definition) is 4. The summed E-state index contributed by atoms with van der Waals surface area (Å²) in [6.45, 7) is 0. The van der Waals surface area contributed by atoms with E-state index in [9.17, 15) is 9.59 Å². The highest BCUT2D eigenvalue weighted by Gasteiger charge is 2.15. The second kappa shape index (κ2) is 11.9. The van der Waals surface area contributed by atoms with Crippen molar-refractivity contribution in [2.75, 3.05) is 0 Å². The van der Waals surface area contributed by atoms with Crippen molar-refractivity contribution in [1.82, 2.24) is 10.9 Å². The SMILES string of the molecule is O=C(NN=C1CCC(=NNC(=O)c2ccc(-c3ccccc3)cc2)CC1)c1ccc(-c2ccccc2)cc1. The first kappa shape index (κ1) is 24.8. The summed E-state index contributed by atoms with van der Waals surface area (Å²) in [6.07, 6.45) is 2.75. The molecular weight excluding hydrogens is 472 g/mol. The van der Waals surface area contributed by atoms with Gasteiger partial charge in [0.2, 0.25) is 0 Å². The molecule has 0 unspecified atom stereocenters. The molecule has 1 saturated carbocycles. The van der Waals surface area contributed by atoms with Crippen molar-refractivity contribution in [3.8, 4) is 22.3 Å². The number of rotatable bonds is 6. The Morgan fingerprint density at radius 2 is 0.763 bits per heavy atom. The zero-order valence-electron chi connectivity index (χ0n) is 20.9. The molecule has 6 heteroatoms. The van der Waals surface area contributed by atoms with Gasteiger partial charge in [-0.05, 0) is 72.2 Å². The van der Waals surface area contributed by atoms with Gasteiger partial charge in [0.05, 0.1) is 0 Å². The van der Waals surface area contributed by atoms with Crippen LogP contribution < -0.4 is 10.9 Å². The van der Waals surface area contributed by atoms with Crippen LogP contribution in [0.25, 0.3) is 22.3 Å². The molecule has 5 rings (SSSR count). The molecule has 1 fully saturated rings. The zero-order chi connectivity index (χ0) is 26.2. The molecule has 0 aliphatic heterocycles. The molecule has 0 radical (unpaired) electrons. The van der Waals surface area contributed by atoms with E-state index < -0.39 is 0 Å². The molecule has 0 aromatic heterocycles. The Labute approximate surface area is 222 Å². The minimum Gasteiger partial charge on any atom is -0.267 e. The zero-order valence-corrected chi connectivity index (χ0v) is 20.9. The summed E-state index contributed by atoms with van der Waals surface area (Å²) in [6, 6.07) is 35.1. The van der Waals surface area contributed by atoms with Gasteiger partial charge in [-0.3, -0.25) is 9.59 Å². The lowest BCUT2D eigenvalue weighted by Gasteiger charge is -2.15. The van der Waals surface area contributed by atoms with Crippen molar-refractivity contribution in [3.05, 3.63) is 120 Å². The van der Waals surface area contributed by atoms with E-state index in [4.69, 9.17) is 0 Å². The number of amides is 2. The first-order valence-electron chi connectivity index (χ1n) is 12.7. The molecule has 2 N–H and O–H groups in total. The second-order valence-electron chi connectivity index (χ2n) is 9.12. The molecule has 2 amide bonds. The van der Waals surface area contributed by atoms with E-state index in [1.165, 1.54) is 0 Å². The third-order valence-electron chi connectivity index (χ3n) is 6.54. The largest absolute Gasteiger partial charge is 0.271 e. The molecule has 188 valence electrons. The third-order valence-corrected chi connectivity index (χ3v) is 6.54. The Morgan fingerprint density at radius 3 is 1.11 bits per heavy atom. The van der Waals surface area contributed by atoms with E-state index in [0.29, 0.717) is 36.8 Å². The van der Waals surface area contributed by atoms with Crippen LogP contribution in [0.4, 0.5) is 0 Å². The predicted octanol–water partition coefficient (Wildman–Crippen LogP) is 6.47. The lowest BCUT2D eigenvalue weighted by molar-refractivity contribution is 0.0946. The summed E-state index contributed by atoms with van der Waals surface area (Å²) >= 11 is 0. The Balaban J connectivity index is 1.09. The number of carbonyl (C=O) groups is 2. The van der Waals surface area contributed by atoms with Crippen molar-refractivity contribution in [2.24, 2.45) is 10.2 Å². The van der Waals surface area contributed by atoms with Crippen LogP contribution in [-0.2, 0) is 0 Å². The quantitative estimate of drug-likeness (QED) is 0.298. The van der Waals surface area contributed by atoms with Gasteiger partial charge in [-0.2, -0.15) is 10.2 Å². The Kier molecular flexibility index (Phi) is 7.80. The average Bonchev–Trinajstić information content (AvgIpc) is 3.00. The summed E-state index contributed by atoms with van der Waals surface area (Å²) in [7, 11) is 0. The number of hydrazone groups is 2. The fourth-order valence-electron chi connectivity index (χ4n) is 4.33. The second-order valence-corrected chi connectivity index (χ2v) is 9.12. The molecule has 0 bridgehead atoms. The molecule has 0 heterocycles. The predicted molar refractivity (Wildman–Crippen MR) is 152 cm³/mol. The summed E-state index contributed by atoms with van der Waals surface area (Å²) in [4.78, 5) is 25.0. The fourth-order valence-corrected chi connectivity index (χ4v) is 4.33. The van der Waals surface area contributed by atoms with Gasteiger partial charge in [0.25, 0.3) is 11.8 Å². The van der Waals surface area contributed by atoms with Crippen LogP contribution in [-0.4, -0.2) is 23.2 Å². The maximum absolute atomic E-state index is 12.5. The highest BCUT2D eigenvalue weighted by molar-refractivity contribution is 6.01. The van der Waals surface area contributed by atoms with Crippen LogP contribution in [0.2, 0.25) is 0 Å². The monoisotopic (exact) mass is 500 g/mol. The molecule has 1 aliphatic rings. The molecule has 1 aliphatic carbocycles. The summed E-state index contributed by atoms with van der Waals surface area (Å²) in [5.74, 6) is -0.468. The maximum atomic E-state index is 12.5. The van der Waals surface area contributed by atoms with Crippen LogP contribution in [0.5, 0.6) is 0 Å². The molecule has 38 heavy (non-hydrogen) atoms. The highest BCUT2D eigenvalue weighted by atomic mass is 16.2. The van der Waals surface area contributed by atoms with Gasteiger partial charge in [0.15, 0.2) is 0 Å². The first-order valence-corrected chi connectivity index (χ1v) is 12.7. The molecular formula is C32H28N4O2. The van der Waals surface area contributed by atoms with Crippen LogP contribution in [0.1, 0.15) is 46.4 Å². The minimum atomic E-state index is -0.234. The van der Waals surface area contributed by atoms with E-state index in [1.807, 2.05) is 84.9 Å². The van der Waals surface area contributed by atoms with Crippen LogP contribution in [0.3, 0.4) is 0 Å². The Bertz CT molecular complexity index is 1330. The fraction of sp³-hybridized carbons (Fsp3) is 0.125. The van der Waals surface area contributed by atoms with Crippen LogP contribution >= 0.6 is 0 Å². The molecule has 0 saturated heterocycles. The van der Waals surface area contributed by atoms with E-state index in [0.717, 1.165) is 33.7 Å². The molecule has 4 aromatic carbocycles. The third kappa shape index (κ3) is 6.28. The van der Waals surface area contributed by atoms with Crippen LogP contribution in [0, 0.1) is 0 Å². The first-order chi connectivity index (χ1) is 18.7. The number of hydrogen-bond donors (Lipinski definition) is 2. The average molecular weight is 501 g/mol. The lowest BCUT2D eigenvalue weighted by Crippen LogP contribution is -2.24. The summed E-state index contributed by atoms with van der Waals surface area (Å²) < 4.78 is 0. The molecule has 6 nitrogen and oxygen atoms in total. The summed E-state index contributed by atoms with van der Waals surface area (Å²) in [5.41, 5.74) is 12.6. The smallest absolute Gasteiger partial charge is 0.267 e. The van der Waals surface area contributed by atoms with Gasteiger partial charge in [-0.1, -0.05) is 84.9 Å². The molecule has 4 aromatic rings.